The second kappa shape index (κ2) is 8.17. The first-order valence-electron chi connectivity index (χ1n) is 9.29. The van der Waals surface area contributed by atoms with Gasteiger partial charge in [-0.2, -0.15) is 0 Å². The molecule has 1 heterocycles. The van der Waals surface area contributed by atoms with Gasteiger partial charge in [0.25, 0.3) is 11.8 Å². The molecule has 1 N–H and O–H groups in total. The Bertz CT molecular complexity index is 773. The Morgan fingerprint density at radius 2 is 1.81 bits per heavy atom. The van der Waals surface area contributed by atoms with Gasteiger partial charge in [-0.25, -0.2) is 0 Å². The zero-order valence-electron chi connectivity index (χ0n) is 15.4. The minimum atomic E-state index is -0.164. The summed E-state index contributed by atoms with van der Waals surface area (Å²) in [6, 6.07) is 16.8. The molecule has 3 rings (SSSR count). The van der Waals surface area contributed by atoms with Crippen LogP contribution in [-0.4, -0.2) is 29.8 Å². The largest absolute Gasteiger partial charge is 0.346 e. The molecular weight excluding hydrogens is 324 g/mol. The summed E-state index contributed by atoms with van der Waals surface area (Å²) in [5, 5.41) is 3.00. The van der Waals surface area contributed by atoms with Gasteiger partial charge in [-0.15, -0.1) is 0 Å². The van der Waals surface area contributed by atoms with Crippen LogP contribution in [0.1, 0.15) is 59.0 Å². The predicted molar refractivity (Wildman–Crippen MR) is 103 cm³/mol. The van der Waals surface area contributed by atoms with E-state index in [0.29, 0.717) is 17.0 Å². The Balaban J connectivity index is 1.70. The van der Waals surface area contributed by atoms with Crippen molar-refractivity contribution in [3.8, 4) is 0 Å². The van der Waals surface area contributed by atoms with Crippen molar-refractivity contribution >= 4 is 11.8 Å². The average Bonchev–Trinajstić information content (AvgIpc) is 2.68. The Hall–Kier alpha value is -2.62. The second-order valence-electron chi connectivity index (χ2n) is 7.19. The third-order valence-electron chi connectivity index (χ3n) is 4.96. The zero-order valence-corrected chi connectivity index (χ0v) is 15.4. The van der Waals surface area contributed by atoms with Crippen molar-refractivity contribution in [2.24, 2.45) is 5.92 Å². The van der Waals surface area contributed by atoms with Gasteiger partial charge >= 0.3 is 0 Å². The van der Waals surface area contributed by atoms with Gasteiger partial charge in [0.05, 0.1) is 6.04 Å². The molecule has 0 radical (unpaired) electrons. The van der Waals surface area contributed by atoms with Crippen molar-refractivity contribution < 1.29 is 9.59 Å². The first-order valence-corrected chi connectivity index (χ1v) is 9.29. The molecule has 1 aliphatic heterocycles. The summed E-state index contributed by atoms with van der Waals surface area (Å²) in [4.78, 5) is 27.3. The second-order valence-corrected chi connectivity index (χ2v) is 7.19. The van der Waals surface area contributed by atoms with Crippen LogP contribution in [0.25, 0.3) is 0 Å². The third kappa shape index (κ3) is 4.31. The van der Waals surface area contributed by atoms with Crippen LogP contribution in [0, 0.1) is 5.92 Å². The number of amides is 2. The minimum absolute atomic E-state index is 0.0160. The first-order chi connectivity index (χ1) is 12.5. The standard InChI is InChI=1S/C22H26N2O2/c1-16-8-7-13-24(15-16)22(26)20-12-6-11-19(14-20)21(25)23-17(2)18-9-4-3-5-10-18/h3-6,9-12,14,16-17H,7-8,13,15H2,1-2H3,(H,23,25). The quantitative estimate of drug-likeness (QED) is 0.904. The van der Waals surface area contributed by atoms with Crippen LogP contribution in [0.2, 0.25) is 0 Å². The number of hydrogen-bond donors (Lipinski definition) is 1. The Morgan fingerprint density at radius 1 is 1.08 bits per heavy atom. The fraction of sp³-hybridized carbons (Fsp3) is 0.364. The number of hydrogen-bond acceptors (Lipinski definition) is 2. The van der Waals surface area contributed by atoms with E-state index in [2.05, 4.69) is 12.2 Å². The topological polar surface area (TPSA) is 49.4 Å². The number of likely N-dealkylation sites (tertiary alicyclic amines) is 1. The van der Waals surface area contributed by atoms with Crippen molar-refractivity contribution in [1.82, 2.24) is 10.2 Å². The predicted octanol–water partition coefficient (Wildman–Crippen LogP) is 4.05. The van der Waals surface area contributed by atoms with E-state index in [9.17, 15) is 9.59 Å². The van der Waals surface area contributed by atoms with Crippen LogP contribution in [0.5, 0.6) is 0 Å². The van der Waals surface area contributed by atoms with E-state index in [1.807, 2.05) is 42.2 Å². The summed E-state index contributed by atoms with van der Waals surface area (Å²) < 4.78 is 0. The van der Waals surface area contributed by atoms with Gasteiger partial charge in [0.1, 0.15) is 0 Å². The van der Waals surface area contributed by atoms with E-state index in [4.69, 9.17) is 0 Å². The van der Waals surface area contributed by atoms with E-state index in [0.717, 1.165) is 25.1 Å². The number of piperidine rings is 1. The molecule has 0 aliphatic carbocycles. The SMILES string of the molecule is CC1CCCN(C(=O)c2cccc(C(=O)NC(C)c3ccccc3)c2)C1. The molecule has 1 fully saturated rings. The number of carbonyl (C=O) groups is 2. The minimum Gasteiger partial charge on any atom is -0.346 e. The van der Waals surface area contributed by atoms with E-state index >= 15 is 0 Å². The molecule has 4 heteroatoms. The van der Waals surface area contributed by atoms with Gasteiger partial charge < -0.3 is 10.2 Å². The van der Waals surface area contributed by atoms with Crippen molar-refractivity contribution in [1.29, 1.82) is 0 Å². The number of nitrogens with zero attached hydrogens (tertiary/aromatic N) is 1. The monoisotopic (exact) mass is 350 g/mol. The fourth-order valence-electron chi connectivity index (χ4n) is 3.45. The van der Waals surface area contributed by atoms with Crippen LogP contribution in [0.4, 0.5) is 0 Å². The molecule has 2 unspecified atom stereocenters. The maximum Gasteiger partial charge on any atom is 0.253 e. The number of rotatable bonds is 4. The van der Waals surface area contributed by atoms with Crippen LogP contribution in [0.15, 0.2) is 54.6 Å². The van der Waals surface area contributed by atoms with Crippen LogP contribution in [0.3, 0.4) is 0 Å². The van der Waals surface area contributed by atoms with E-state index in [-0.39, 0.29) is 17.9 Å². The highest BCUT2D eigenvalue weighted by molar-refractivity contribution is 5.99. The lowest BCUT2D eigenvalue weighted by atomic mass is 9.99. The Kier molecular flexibility index (Phi) is 5.71. The summed E-state index contributed by atoms with van der Waals surface area (Å²) in [5.41, 5.74) is 2.15. The highest BCUT2D eigenvalue weighted by atomic mass is 16.2. The molecule has 1 aliphatic rings. The van der Waals surface area contributed by atoms with Gasteiger partial charge in [0, 0.05) is 24.2 Å². The highest BCUT2D eigenvalue weighted by Crippen LogP contribution is 2.19. The van der Waals surface area contributed by atoms with Gasteiger partial charge in [-0.3, -0.25) is 9.59 Å². The lowest BCUT2D eigenvalue weighted by molar-refractivity contribution is 0.0683. The van der Waals surface area contributed by atoms with Gasteiger partial charge in [-0.05, 0) is 49.4 Å². The zero-order chi connectivity index (χ0) is 18.5. The molecular formula is C22H26N2O2. The Labute approximate surface area is 155 Å². The molecule has 26 heavy (non-hydrogen) atoms. The third-order valence-corrected chi connectivity index (χ3v) is 4.96. The van der Waals surface area contributed by atoms with Crippen molar-refractivity contribution in [2.75, 3.05) is 13.1 Å². The van der Waals surface area contributed by atoms with Gasteiger partial charge in [0.2, 0.25) is 0 Å². The molecule has 4 nitrogen and oxygen atoms in total. The van der Waals surface area contributed by atoms with Crippen LogP contribution < -0.4 is 5.32 Å². The van der Waals surface area contributed by atoms with E-state index in [1.54, 1.807) is 24.3 Å². The molecule has 0 aromatic heterocycles. The molecule has 2 amide bonds. The lowest BCUT2D eigenvalue weighted by Crippen LogP contribution is -2.39. The van der Waals surface area contributed by atoms with Crippen LogP contribution in [-0.2, 0) is 0 Å². The summed E-state index contributed by atoms with van der Waals surface area (Å²) in [7, 11) is 0. The number of carbonyl (C=O) groups excluding carboxylic acids is 2. The van der Waals surface area contributed by atoms with Gasteiger partial charge in [0.15, 0.2) is 0 Å². The summed E-state index contributed by atoms with van der Waals surface area (Å²) in [5.74, 6) is 0.385. The molecule has 2 aromatic carbocycles. The smallest absolute Gasteiger partial charge is 0.253 e. The number of benzene rings is 2. The molecule has 0 spiro atoms. The molecule has 2 atom stereocenters. The molecule has 2 aromatic rings. The molecule has 0 bridgehead atoms. The maximum absolute atomic E-state index is 12.8. The molecule has 1 saturated heterocycles. The summed E-state index contributed by atoms with van der Waals surface area (Å²) in [6.45, 7) is 5.72. The van der Waals surface area contributed by atoms with Crippen molar-refractivity contribution in [2.45, 2.75) is 32.7 Å². The summed E-state index contributed by atoms with van der Waals surface area (Å²) in [6.07, 6.45) is 2.21. The van der Waals surface area contributed by atoms with Crippen molar-refractivity contribution in [3.63, 3.8) is 0 Å². The number of nitrogens with one attached hydrogen (secondary N) is 1. The Morgan fingerprint density at radius 3 is 2.54 bits per heavy atom. The lowest BCUT2D eigenvalue weighted by Gasteiger charge is -2.31. The average molecular weight is 350 g/mol. The van der Waals surface area contributed by atoms with E-state index in [1.165, 1.54) is 6.42 Å². The molecule has 0 saturated carbocycles. The summed E-state index contributed by atoms with van der Waals surface area (Å²) >= 11 is 0. The fourth-order valence-corrected chi connectivity index (χ4v) is 3.45. The first kappa shape index (κ1) is 18.2. The normalized spacial score (nSPS) is 18.2. The van der Waals surface area contributed by atoms with Crippen molar-refractivity contribution in [3.05, 3.63) is 71.3 Å². The maximum atomic E-state index is 12.8. The van der Waals surface area contributed by atoms with Crippen LogP contribution >= 0.6 is 0 Å². The molecule has 136 valence electrons. The van der Waals surface area contributed by atoms with Gasteiger partial charge in [-0.1, -0.05) is 43.3 Å². The highest BCUT2D eigenvalue weighted by Gasteiger charge is 2.22. The van der Waals surface area contributed by atoms with E-state index < -0.39 is 0 Å².